The summed E-state index contributed by atoms with van der Waals surface area (Å²) in [6, 6.07) is 5.67. The Labute approximate surface area is 94.2 Å². The van der Waals surface area contributed by atoms with Gasteiger partial charge in [-0.25, -0.2) is 4.98 Å². The second kappa shape index (κ2) is 3.57. The van der Waals surface area contributed by atoms with Crippen molar-refractivity contribution in [3.05, 3.63) is 29.6 Å². The molecule has 0 aliphatic carbocycles. The molecule has 0 bridgehead atoms. The summed E-state index contributed by atoms with van der Waals surface area (Å²) in [5.74, 6) is 0.603. The number of imidazole rings is 1. The molecule has 0 spiro atoms. The molecule has 4 heteroatoms. The number of aliphatic hydroxyl groups excluding tert-OH is 1. The fraction of sp³-hybridized carbons (Fsp3) is 0.417. The molecule has 0 fully saturated rings. The normalized spacial score (nSPS) is 12.3. The quantitative estimate of drug-likeness (QED) is 0.801. The van der Waals surface area contributed by atoms with Crippen molar-refractivity contribution in [2.75, 3.05) is 0 Å². The standard InChI is InChI=1S/C12H16N2O2/c1-12(2,16)8-5-4-6-9-11(8)13-10(7-15)14(9)3/h4-6,15-16H,7H2,1-3H3. The van der Waals surface area contributed by atoms with Crippen LogP contribution in [0, 0.1) is 0 Å². The van der Waals surface area contributed by atoms with Crippen LogP contribution < -0.4 is 0 Å². The van der Waals surface area contributed by atoms with Crippen LogP contribution >= 0.6 is 0 Å². The predicted octanol–water partition coefficient (Wildman–Crippen LogP) is 1.29. The van der Waals surface area contributed by atoms with Crippen molar-refractivity contribution in [1.82, 2.24) is 9.55 Å². The Kier molecular flexibility index (Phi) is 2.48. The summed E-state index contributed by atoms with van der Waals surface area (Å²) >= 11 is 0. The maximum Gasteiger partial charge on any atom is 0.135 e. The summed E-state index contributed by atoms with van der Waals surface area (Å²) in [6.07, 6.45) is 0. The number of benzene rings is 1. The van der Waals surface area contributed by atoms with E-state index in [2.05, 4.69) is 4.98 Å². The molecule has 2 N–H and O–H groups in total. The van der Waals surface area contributed by atoms with E-state index in [-0.39, 0.29) is 6.61 Å². The summed E-state index contributed by atoms with van der Waals surface area (Å²) in [5, 5.41) is 19.2. The van der Waals surface area contributed by atoms with Crippen LogP contribution in [0.5, 0.6) is 0 Å². The molecule has 2 aromatic rings. The lowest BCUT2D eigenvalue weighted by atomic mass is 9.97. The number of aliphatic hydroxyl groups is 2. The van der Waals surface area contributed by atoms with Crippen LogP contribution in [0.1, 0.15) is 25.2 Å². The smallest absolute Gasteiger partial charge is 0.135 e. The first-order valence-electron chi connectivity index (χ1n) is 5.23. The van der Waals surface area contributed by atoms with Gasteiger partial charge in [-0.05, 0) is 19.9 Å². The van der Waals surface area contributed by atoms with Crippen molar-refractivity contribution in [2.24, 2.45) is 7.05 Å². The Bertz CT molecular complexity index is 524. The topological polar surface area (TPSA) is 58.3 Å². The molecule has 0 atom stereocenters. The third-order valence-corrected chi connectivity index (χ3v) is 2.80. The zero-order valence-corrected chi connectivity index (χ0v) is 9.73. The lowest BCUT2D eigenvalue weighted by Crippen LogP contribution is -2.15. The molecule has 1 aromatic carbocycles. The number of aromatic nitrogens is 2. The zero-order valence-electron chi connectivity index (χ0n) is 9.73. The molecular formula is C12H16N2O2. The third kappa shape index (κ3) is 1.60. The lowest BCUT2D eigenvalue weighted by molar-refractivity contribution is 0.0800. The Morgan fingerprint density at radius 2 is 2.06 bits per heavy atom. The van der Waals surface area contributed by atoms with Gasteiger partial charge >= 0.3 is 0 Å². The van der Waals surface area contributed by atoms with Crippen LogP contribution in [0.15, 0.2) is 18.2 Å². The van der Waals surface area contributed by atoms with Crippen LogP contribution in [-0.4, -0.2) is 19.8 Å². The van der Waals surface area contributed by atoms with Crippen molar-refractivity contribution >= 4 is 11.0 Å². The van der Waals surface area contributed by atoms with Crippen molar-refractivity contribution in [2.45, 2.75) is 26.1 Å². The lowest BCUT2D eigenvalue weighted by Gasteiger charge is -2.17. The summed E-state index contributed by atoms with van der Waals surface area (Å²) in [4.78, 5) is 4.35. The second-order valence-corrected chi connectivity index (χ2v) is 4.48. The fourth-order valence-corrected chi connectivity index (χ4v) is 1.90. The van der Waals surface area contributed by atoms with Gasteiger partial charge in [-0.3, -0.25) is 0 Å². The van der Waals surface area contributed by atoms with Crippen molar-refractivity contribution in [1.29, 1.82) is 0 Å². The van der Waals surface area contributed by atoms with Gasteiger partial charge in [0.1, 0.15) is 12.4 Å². The average Bonchev–Trinajstić information content (AvgIpc) is 2.54. The molecule has 4 nitrogen and oxygen atoms in total. The van der Waals surface area contributed by atoms with Crippen LogP contribution in [0.3, 0.4) is 0 Å². The minimum absolute atomic E-state index is 0.101. The highest BCUT2D eigenvalue weighted by molar-refractivity contribution is 5.80. The zero-order chi connectivity index (χ0) is 11.9. The van der Waals surface area contributed by atoms with Crippen molar-refractivity contribution in [3.63, 3.8) is 0 Å². The third-order valence-electron chi connectivity index (χ3n) is 2.80. The molecule has 0 aliphatic heterocycles. The summed E-state index contributed by atoms with van der Waals surface area (Å²) in [7, 11) is 1.86. The largest absolute Gasteiger partial charge is 0.388 e. The van der Waals surface area contributed by atoms with Gasteiger partial charge in [-0.15, -0.1) is 0 Å². The second-order valence-electron chi connectivity index (χ2n) is 4.48. The first-order chi connectivity index (χ1) is 7.45. The molecule has 0 saturated carbocycles. The van der Waals surface area contributed by atoms with Crippen molar-refractivity contribution in [3.8, 4) is 0 Å². The van der Waals surface area contributed by atoms with E-state index >= 15 is 0 Å². The Balaban J connectivity index is 2.79. The highest BCUT2D eigenvalue weighted by Crippen LogP contribution is 2.27. The van der Waals surface area contributed by atoms with Gasteiger partial charge in [0.2, 0.25) is 0 Å². The first-order valence-corrected chi connectivity index (χ1v) is 5.23. The molecular weight excluding hydrogens is 204 g/mol. The Morgan fingerprint density at radius 3 is 2.62 bits per heavy atom. The molecule has 0 radical (unpaired) electrons. The van der Waals surface area contributed by atoms with E-state index in [4.69, 9.17) is 5.11 Å². The molecule has 0 amide bonds. The Hall–Kier alpha value is -1.39. The van der Waals surface area contributed by atoms with Crippen molar-refractivity contribution < 1.29 is 10.2 Å². The van der Waals surface area contributed by atoms with E-state index in [0.717, 1.165) is 16.6 Å². The van der Waals surface area contributed by atoms with Gasteiger partial charge < -0.3 is 14.8 Å². The molecule has 0 aliphatic rings. The summed E-state index contributed by atoms with van der Waals surface area (Å²) in [5.41, 5.74) is 1.52. The van der Waals surface area contributed by atoms with E-state index in [1.165, 1.54) is 0 Å². The van der Waals surface area contributed by atoms with E-state index in [1.54, 1.807) is 13.8 Å². The monoisotopic (exact) mass is 220 g/mol. The predicted molar refractivity (Wildman–Crippen MR) is 61.9 cm³/mol. The van der Waals surface area contributed by atoms with E-state index < -0.39 is 5.60 Å². The highest BCUT2D eigenvalue weighted by atomic mass is 16.3. The van der Waals surface area contributed by atoms with E-state index in [9.17, 15) is 5.11 Å². The van der Waals surface area contributed by atoms with Crippen LogP contribution in [0.25, 0.3) is 11.0 Å². The number of hydrogen-bond acceptors (Lipinski definition) is 3. The number of nitrogens with zero attached hydrogens (tertiary/aromatic N) is 2. The number of aryl methyl sites for hydroxylation is 1. The molecule has 1 aromatic heterocycles. The Morgan fingerprint density at radius 1 is 1.38 bits per heavy atom. The van der Waals surface area contributed by atoms with Crippen LogP contribution in [0.2, 0.25) is 0 Å². The minimum atomic E-state index is -0.930. The van der Waals surface area contributed by atoms with Gasteiger partial charge in [-0.2, -0.15) is 0 Å². The molecule has 16 heavy (non-hydrogen) atoms. The van der Waals surface area contributed by atoms with Crippen LogP contribution in [-0.2, 0) is 19.3 Å². The number of para-hydroxylation sites is 1. The van der Waals surface area contributed by atoms with Gasteiger partial charge in [0, 0.05) is 12.6 Å². The maximum absolute atomic E-state index is 10.0. The summed E-state index contributed by atoms with van der Waals surface area (Å²) < 4.78 is 1.84. The highest BCUT2D eigenvalue weighted by Gasteiger charge is 2.21. The molecule has 0 unspecified atom stereocenters. The summed E-state index contributed by atoms with van der Waals surface area (Å²) in [6.45, 7) is 3.36. The van der Waals surface area contributed by atoms with Gasteiger partial charge in [0.25, 0.3) is 0 Å². The molecule has 86 valence electrons. The SMILES string of the molecule is Cn1c(CO)nc2c(C(C)(C)O)cccc21. The van der Waals surface area contributed by atoms with Crippen LogP contribution in [0.4, 0.5) is 0 Å². The molecule has 0 saturated heterocycles. The average molecular weight is 220 g/mol. The van der Waals surface area contributed by atoms with Gasteiger partial charge in [-0.1, -0.05) is 12.1 Å². The van der Waals surface area contributed by atoms with E-state index in [0.29, 0.717) is 5.82 Å². The van der Waals surface area contributed by atoms with Gasteiger partial charge in [0.15, 0.2) is 0 Å². The fourth-order valence-electron chi connectivity index (χ4n) is 1.90. The number of fused-ring (bicyclic) bond motifs is 1. The maximum atomic E-state index is 10.0. The first kappa shape index (κ1) is 11.1. The molecule has 1 heterocycles. The molecule has 2 rings (SSSR count). The van der Waals surface area contributed by atoms with Gasteiger partial charge in [0.05, 0.1) is 16.6 Å². The number of rotatable bonds is 2. The minimum Gasteiger partial charge on any atom is -0.388 e. The van der Waals surface area contributed by atoms with E-state index in [1.807, 2.05) is 29.8 Å². The number of hydrogen-bond donors (Lipinski definition) is 2.